The fraction of sp³-hybridized carbons (Fsp3) is 0.333. The number of aromatic amines is 1. The van der Waals surface area contributed by atoms with Crippen LogP contribution < -0.4 is 10.9 Å². The summed E-state index contributed by atoms with van der Waals surface area (Å²) in [4.78, 5) is 35.0. The molecule has 1 aromatic carbocycles. The van der Waals surface area contributed by atoms with Gasteiger partial charge in [0.1, 0.15) is 0 Å². The third-order valence-corrected chi connectivity index (χ3v) is 4.00. The molecule has 2 aromatic rings. The van der Waals surface area contributed by atoms with E-state index in [1.807, 2.05) is 13.8 Å². The molecule has 3 N–H and O–H groups in total. The standard InChI is InChI=1S/C18H21N3O4/c1-3-13-14(17(23)21-20-15(13)4-2)10-19-16(22)9-11-5-7-12(8-6-11)18(24)25/h5-8H,3-4,9-10H2,1-2H3,(H,19,22)(H,21,23)(H,24,25). The van der Waals surface area contributed by atoms with Gasteiger partial charge in [-0.3, -0.25) is 9.59 Å². The van der Waals surface area contributed by atoms with E-state index in [4.69, 9.17) is 5.11 Å². The molecule has 0 saturated carbocycles. The highest BCUT2D eigenvalue weighted by atomic mass is 16.4. The van der Waals surface area contributed by atoms with Crippen molar-refractivity contribution in [1.29, 1.82) is 0 Å². The average Bonchev–Trinajstić information content (AvgIpc) is 2.60. The lowest BCUT2D eigenvalue weighted by Crippen LogP contribution is -2.30. The number of amides is 1. The number of hydrogen-bond acceptors (Lipinski definition) is 4. The quantitative estimate of drug-likeness (QED) is 0.704. The monoisotopic (exact) mass is 343 g/mol. The van der Waals surface area contributed by atoms with Gasteiger partial charge in [-0.2, -0.15) is 5.10 Å². The number of carbonyl (C=O) groups is 2. The predicted octanol–water partition coefficient (Wildman–Crippen LogP) is 1.45. The second-order valence-corrected chi connectivity index (χ2v) is 5.62. The molecule has 0 aliphatic rings. The van der Waals surface area contributed by atoms with E-state index in [1.54, 1.807) is 12.1 Å². The smallest absolute Gasteiger partial charge is 0.335 e. The minimum Gasteiger partial charge on any atom is -0.478 e. The number of nitrogens with zero attached hydrogens (tertiary/aromatic N) is 1. The molecule has 0 unspecified atom stereocenters. The van der Waals surface area contributed by atoms with Crippen LogP contribution in [0.3, 0.4) is 0 Å². The minimum atomic E-state index is -1.01. The van der Waals surface area contributed by atoms with E-state index < -0.39 is 5.97 Å². The summed E-state index contributed by atoms with van der Waals surface area (Å²) in [6, 6.07) is 6.13. The predicted molar refractivity (Wildman–Crippen MR) is 92.6 cm³/mol. The summed E-state index contributed by atoms with van der Waals surface area (Å²) < 4.78 is 0. The number of aryl methyl sites for hydroxylation is 1. The molecule has 1 amide bonds. The lowest BCUT2D eigenvalue weighted by atomic mass is 10.0. The van der Waals surface area contributed by atoms with Crippen LogP contribution in [0.25, 0.3) is 0 Å². The Bertz CT molecular complexity index is 825. The second-order valence-electron chi connectivity index (χ2n) is 5.62. The average molecular weight is 343 g/mol. The van der Waals surface area contributed by atoms with Crippen LogP contribution in [0.4, 0.5) is 0 Å². The number of aromatic carboxylic acids is 1. The molecule has 0 atom stereocenters. The highest BCUT2D eigenvalue weighted by molar-refractivity contribution is 5.87. The topological polar surface area (TPSA) is 112 Å². The van der Waals surface area contributed by atoms with E-state index in [0.717, 1.165) is 11.3 Å². The Morgan fingerprint density at radius 1 is 1.12 bits per heavy atom. The van der Waals surface area contributed by atoms with Crippen molar-refractivity contribution >= 4 is 11.9 Å². The molecule has 0 spiro atoms. The molecular weight excluding hydrogens is 322 g/mol. The first-order chi connectivity index (χ1) is 12.0. The Morgan fingerprint density at radius 2 is 1.80 bits per heavy atom. The van der Waals surface area contributed by atoms with E-state index in [-0.39, 0.29) is 30.0 Å². The summed E-state index contributed by atoms with van der Waals surface area (Å²) in [6.07, 6.45) is 1.49. The number of H-pyrrole nitrogens is 1. The van der Waals surface area contributed by atoms with Crippen LogP contribution in [-0.2, 0) is 30.6 Å². The third-order valence-electron chi connectivity index (χ3n) is 4.00. The fourth-order valence-corrected chi connectivity index (χ4v) is 2.66. The summed E-state index contributed by atoms with van der Waals surface area (Å²) in [7, 11) is 0. The van der Waals surface area contributed by atoms with E-state index in [2.05, 4.69) is 15.5 Å². The van der Waals surface area contributed by atoms with Crippen LogP contribution >= 0.6 is 0 Å². The van der Waals surface area contributed by atoms with Gasteiger partial charge in [0.2, 0.25) is 5.91 Å². The zero-order valence-electron chi connectivity index (χ0n) is 14.3. The SMILES string of the molecule is CCc1n[nH]c(=O)c(CNC(=O)Cc2ccc(C(=O)O)cc2)c1CC. The minimum absolute atomic E-state index is 0.116. The number of carboxylic acids is 1. The van der Waals surface area contributed by atoms with Crippen molar-refractivity contribution in [2.75, 3.05) is 0 Å². The van der Waals surface area contributed by atoms with Gasteiger partial charge < -0.3 is 10.4 Å². The Balaban J connectivity index is 2.05. The normalized spacial score (nSPS) is 10.5. The Labute approximate surface area is 145 Å². The highest BCUT2D eigenvalue weighted by Gasteiger charge is 2.13. The number of nitrogens with one attached hydrogen (secondary N) is 2. The maximum Gasteiger partial charge on any atom is 0.335 e. The van der Waals surface area contributed by atoms with Crippen LogP contribution in [0.5, 0.6) is 0 Å². The fourth-order valence-electron chi connectivity index (χ4n) is 2.66. The molecule has 0 radical (unpaired) electrons. The summed E-state index contributed by atoms with van der Waals surface area (Å²) in [5.74, 6) is -1.24. The van der Waals surface area contributed by atoms with Gasteiger partial charge in [0.05, 0.1) is 17.7 Å². The Morgan fingerprint density at radius 3 is 2.36 bits per heavy atom. The van der Waals surface area contributed by atoms with Crippen molar-refractivity contribution in [2.24, 2.45) is 0 Å². The van der Waals surface area contributed by atoms with E-state index in [0.29, 0.717) is 24.0 Å². The van der Waals surface area contributed by atoms with Gasteiger partial charge in [-0.25, -0.2) is 9.89 Å². The summed E-state index contributed by atoms with van der Waals surface area (Å²) in [6.45, 7) is 4.05. The van der Waals surface area contributed by atoms with Crippen molar-refractivity contribution in [1.82, 2.24) is 15.5 Å². The zero-order chi connectivity index (χ0) is 18.4. The number of carbonyl (C=O) groups excluding carboxylic acids is 1. The Hall–Kier alpha value is -2.96. The summed E-state index contributed by atoms with van der Waals surface area (Å²) >= 11 is 0. The molecule has 1 aromatic heterocycles. The molecular formula is C18H21N3O4. The first-order valence-corrected chi connectivity index (χ1v) is 8.14. The first-order valence-electron chi connectivity index (χ1n) is 8.14. The molecule has 0 saturated heterocycles. The number of benzene rings is 1. The molecule has 7 heteroatoms. The van der Waals surface area contributed by atoms with Crippen molar-refractivity contribution in [3.63, 3.8) is 0 Å². The number of aromatic nitrogens is 2. The van der Waals surface area contributed by atoms with Crippen LogP contribution in [-0.4, -0.2) is 27.2 Å². The van der Waals surface area contributed by atoms with Gasteiger partial charge in [0, 0.05) is 12.1 Å². The zero-order valence-corrected chi connectivity index (χ0v) is 14.3. The summed E-state index contributed by atoms with van der Waals surface area (Å²) in [5.41, 5.74) is 2.82. The largest absolute Gasteiger partial charge is 0.478 e. The first kappa shape index (κ1) is 18.4. The van der Waals surface area contributed by atoms with Crippen LogP contribution in [0.2, 0.25) is 0 Å². The van der Waals surface area contributed by atoms with Gasteiger partial charge >= 0.3 is 5.97 Å². The van der Waals surface area contributed by atoms with Gasteiger partial charge in [0.25, 0.3) is 5.56 Å². The van der Waals surface area contributed by atoms with Gasteiger partial charge in [-0.15, -0.1) is 0 Å². The van der Waals surface area contributed by atoms with Crippen molar-refractivity contribution in [3.8, 4) is 0 Å². The Kier molecular flexibility index (Phi) is 6.05. The number of carboxylic acid groups (broad SMARTS) is 1. The van der Waals surface area contributed by atoms with Crippen LogP contribution in [0.15, 0.2) is 29.1 Å². The van der Waals surface area contributed by atoms with Gasteiger partial charge in [-0.1, -0.05) is 26.0 Å². The molecule has 0 aliphatic heterocycles. The van der Waals surface area contributed by atoms with E-state index in [1.165, 1.54) is 12.1 Å². The molecule has 132 valence electrons. The molecule has 1 heterocycles. The third kappa shape index (κ3) is 4.53. The van der Waals surface area contributed by atoms with Crippen molar-refractivity contribution in [3.05, 3.63) is 62.6 Å². The molecule has 2 rings (SSSR count). The number of rotatable bonds is 7. The molecule has 7 nitrogen and oxygen atoms in total. The summed E-state index contributed by atoms with van der Waals surface area (Å²) in [5, 5.41) is 18.1. The van der Waals surface area contributed by atoms with Gasteiger partial charge in [-0.05, 0) is 36.1 Å². The molecule has 0 bridgehead atoms. The molecule has 0 aliphatic carbocycles. The molecule has 0 fully saturated rings. The van der Waals surface area contributed by atoms with Gasteiger partial charge in [0.15, 0.2) is 0 Å². The van der Waals surface area contributed by atoms with E-state index in [9.17, 15) is 14.4 Å². The maximum atomic E-state index is 12.1. The highest BCUT2D eigenvalue weighted by Crippen LogP contribution is 2.10. The van der Waals surface area contributed by atoms with E-state index >= 15 is 0 Å². The van der Waals surface area contributed by atoms with Crippen LogP contribution in [0, 0.1) is 0 Å². The lowest BCUT2D eigenvalue weighted by molar-refractivity contribution is -0.120. The van der Waals surface area contributed by atoms with Crippen molar-refractivity contribution in [2.45, 2.75) is 39.7 Å². The maximum absolute atomic E-state index is 12.1. The van der Waals surface area contributed by atoms with Crippen LogP contribution in [0.1, 0.15) is 46.6 Å². The van der Waals surface area contributed by atoms with Crippen molar-refractivity contribution < 1.29 is 14.7 Å². The lowest BCUT2D eigenvalue weighted by Gasteiger charge is -2.11. The molecule has 25 heavy (non-hydrogen) atoms. The second kappa shape index (κ2) is 8.23. The number of hydrogen-bond donors (Lipinski definition) is 3.